The standard InChI is InChI=1S/C19H23NO6.C2H6N2O/c1-18(2,3)26-17(24)20-8-6-19(7-9-20)11-14(21)13-10-12(16(22)23)4-5-15(13)25-19;1-3-4-2-5/h4-5,10H,6-9,11H2,1-3H3,(H,22,23);2-3H,1H3,(H,4,5). The van der Waals surface area contributed by atoms with Gasteiger partial charge in [-0.3, -0.25) is 15.0 Å². The molecular formula is C21H29N3O7. The van der Waals surface area contributed by atoms with Crippen LogP contribution in [0.2, 0.25) is 0 Å². The molecule has 0 radical (unpaired) electrons. The van der Waals surface area contributed by atoms with Gasteiger partial charge in [-0.15, -0.1) is 0 Å². The van der Waals surface area contributed by atoms with E-state index in [0.717, 1.165) is 0 Å². The van der Waals surface area contributed by atoms with Crippen molar-refractivity contribution < 1.29 is 33.8 Å². The summed E-state index contributed by atoms with van der Waals surface area (Å²) in [4.78, 5) is 46.7. The molecule has 1 spiro atoms. The lowest BCUT2D eigenvalue weighted by molar-refractivity contribution is -0.110. The molecule has 1 fully saturated rings. The molecule has 1 aromatic carbocycles. The van der Waals surface area contributed by atoms with Crippen molar-refractivity contribution in [1.82, 2.24) is 15.8 Å². The topological polar surface area (TPSA) is 134 Å². The van der Waals surface area contributed by atoms with Gasteiger partial charge in [-0.2, -0.15) is 0 Å². The molecule has 0 bridgehead atoms. The summed E-state index contributed by atoms with van der Waals surface area (Å²) < 4.78 is 11.5. The van der Waals surface area contributed by atoms with Crippen molar-refractivity contribution in [2.24, 2.45) is 0 Å². The van der Waals surface area contributed by atoms with Gasteiger partial charge in [-0.25, -0.2) is 15.0 Å². The normalized spacial score (nSPS) is 16.9. The summed E-state index contributed by atoms with van der Waals surface area (Å²) in [5.74, 6) is -0.788. The summed E-state index contributed by atoms with van der Waals surface area (Å²) in [5, 5.41) is 9.08. The Balaban J connectivity index is 0.000000614. The Labute approximate surface area is 180 Å². The van der Waals surface area contributed by atoms with Gasteiger partial charge in [0.15, 0.2) is 5.78 Å². The Bertz CT molecular complexity index is 840. The molecule has 0 unspecified atom stereocenters. The highest BCUT2D eigenvalue weighted by atomic mass is 16.6. The molecule has 0 aromatic heterocycles. The zero-order valence-electron chi connectivity index (χ0n) is 18.2. The van der Waals surface area contributed by atoms with E-state index in [1.165, 1.54) is 18.2 Å². The van der Waals surface area contributed by atoms with E-state index in [1.807, 2.05) is 20.8 Å². The van der Waals surface area contributed by atoms with Gasteiger partial charge in [0.2, 0.25) is 6.41 Å². The van der Waals surface area contributed by atoms with Crippen LogP contribution in [-0.2, 0) is 9.53 Å². The quantitative estimate of drug-likeness (QED) is 0.485. The van der Waals surface area contributed by atoms with E-state index in [2.05, 4.69) is 10.9 Å². The number of hydrazine groups is 1. The lowest BCUT2D eigenvalue weighted by Crippen LogP contribution is -2.53. The predicted octanol–water partition coefficient (Wildman–Crippen LogP) is 1.99. The van der Waals surface area contributed by atoms with E-state index in [9.17, 15) is 19.2 Å². The fraction of sp³-hybridized carbons (Fsp3) is 0.524. The number of piperidine rings is 1. The van der Waals surface area contributed by atoms with Gasteiger partial charge in [-0.05, 0) is 39.0 Å². The lowest BCUT2D eigenvalue weighted by Gasteiger charge is -2.44. The number of aromatic carboxylic acids is 1. The summed E-state index contributed by atoms with van der Waals surface area (Å²) in [5.41, 5.74) is 3.76. The third kappa shape index (κ3) is 6.42. The highest BCUT2D eigenvalue weighted by molar-refractivity contribution is 6.02. The van der Waals surface area contributed by atoms with Crippen LogP contribution < -0.4 is 15.6 Å². The number of hydrogen-bond donors (Lipinski definition) is 3. The maximum Gasteiger partial charge on any atom is 0.410 e. The van der Waals surface area contributed by atoms with Crippen LogP contribution >= 0.6 is 0 Å². The number of benzene rings is 1. The predicted molar refractivity (Wildman–Crippen MR) is 111 cm³/mol. The van der Waals surface area contributed by atoms with E-state index in [4.69, 9.17) is 14.6 Å². The van der Waals surface area contributed by atoms with Gasteiger partial charge in [0.25, 0.3) is 0 Å². The number of likely N-dealkylation sites (tertiary alicyclic amines) is 1. The fourth-order valence-corrected chi connectivity index (χ4v) is 3.39. The number of carbonyl (C=O) groups excluding carboxylic acids is 3. The first-order valence-corrected chi connectivity index (χ1v) is 9.94. The van der Waals surface area contributed by atoms with Crippen LogP contribution in [0.5, 0.6) is 5.75 Å². The lowest BCUT2D eigenvalue weighted by atomic mass is 9.82. The van der Waals surface area contributed by atoms with Crippen LogP contribution in [0.25, 0.3) is 0 Å². The number of carboxylic acid groups (broad SMARTS) is 1. The number of nitrogens with zero attached hydrogens (tertiary/aromatic N) is 1. The Kier molecular flexibility index (Phi) is 7.61. The molecule has 2 aliphatic rings. The number of carboxylic acids is 1. The van der Waals surface area contributed by atoms with Gasteiger partial charge in [0, 0.05) is 33.0 Å². The van der Waals surface area contributed by atoms with Crippen LogP contribution in [0.1, 0.15) is 60.7 Å². The minimum absolute atomic E-state index is 0.0661. The first kappa shape index (κ1) is 24.1. The third-order valence-corrected chi connectivity index (χ3v) is 4.87. The maximum absolute atomic E-state index is 12.6. The highest BCUT2D eigenvalue weighted by Crippen LogP contribution is 2.39. The van der Waals surface area contributed by atoms with E-state index in [0.29, 0.717) is 43.7 Å². The Hall–Kier alpha value is -3.14. The first-order chi connectivity index (χ1) is 14.5. The molecule has 2 amide bonds. The van der Waals surface area contributed by atoms with Gasteiger partial charge < -0.3 is 19.5 Å². The highest BCUT2D eigenvalue weighted by Gasteiger charge is 2.44. The molecule has 2 heterocycles. The molecule has 170 valence electrons. The van der Waals surface area contributed by atoms with Crippen molar-refractivity contribution >= 4 is 24.3 Å². The second-order valence-electron chi connectivity index (χ2n) is 8.38. The number of amides is 2. The van der Waals surface area contributed by atoms with Crippen molar-refractivity contribution in [3.05, 3.63) is 29.3 Å². The molecular weight excluding hydrogens is 406 g/mol. The number of fused-ring (bicyclic) bond motifs is 1. The van der Waals surface area contributed by atoms with Crippen LogP contribution in [0.15, 0.2) is 18.2 Å². The monoisotopic (exact) mass is 435 g/mol. The second-order valence-corrected chi connectivity index (χ2v) is 8.38. The second kappa shape index (κ2) is 9.78. The smallest absolute Gasteiger partial charge is 0.410 e. The van der Waals surface area contributed by atoms with Crippen molar-refractivity contribution in [3.63, 3.8) is 0 Å². The van der Waals surface area contributed by atoms with Crippen molar-refractivity contribution in [1.29, 1.82) is 0 Å². The average Bonchev–Trinajstić information content (AvgIpc) is 2.68. The first-order valence-electron chi connectivity index (χ1n) is 9.94. The summed E-state index contributed by atoms with van der Waals surface area (Å²) >= 11 is 0. The number of nitrogens with one attached hydrogen (secondary N) is 2. The SMILES string of the molecule is CC(C)(C)OC(=O)N1CCC2(CC1)CC(=O)c1cc(C(=O)O)ccc1O2.CNNC=O. The van der Waals surface area contributed by atoms with Crippen LogP contribution in [0, 0.1) is 0 Å². The molecule has 0 aliphatic carbocycles. The molecule has 3 N–H and O–H groups in total. The molecule has 0 atom stereocenters. The van der Waals surface area contributed by atoms with Crippen LogP contribution in [0.3, 0.4) is 0 Å². The largest absolute Gasteiger partial charge is 0.486 e. The summed E-state index contributed by atoms with van der Waals surface area (Å²) in [6, 6.07) is 4.34. The molecule has 1 saturated heterocycles. The Morgan fingerprint density at radius 3 is 2.39 bits per heavy atom. The molecule has 10 nitrogen and oxygen atoms in total. The molecule has 0 saturated carbocycles. The van der Waals surface area contributed by atoms with Gasteiger partial charge >= 0.3 is 12.1 Å². The number of ether oxygens (including phenoxy) is 2. The summed E-state index contributed by atoms with van der Waals surface area (Å²) in [6.45, 7) is 6.36. The Morgan fingerprint density at radius 1 is 1.26 bits per heavy atom. The fourth-order valence-electron chi connectivity index (χ4n) is 3.39. The molecule has 3 rings (SSSR count). The van der Waals surface area contributed by atoms with Crippen LogP contribution in [-0.4, -0.2) is 65.6 Å². The average molecular weight is 435 g/mol. The molecule has 1 aromatic rings. The minimum Gasteiger partial charge on any atom is -0.486 e. The Morgan fingerprint density at radius 2 is 1.90 bits per heavy atom. The van der Waals surface area contributed by atoms with Gasteiger partial charge in [0.1, 0.15) is 17.0 Å². The maximum atomic E-state index is 12.6. The number of rotatable bonds is 3. The van der Waals surface area contributed by atoms with E-state index < -0.39 is 17.2 Å². The molecule has 31 heavy (non-hydrogen) atoms. The summed E-state index contributed by atoms with van der Waals surface area (Å²) in [7, 11) is 1.62. The van der Waals surface area contributed by atoms with E-state index in [1.54, 1.807) is 11.9 Å². The van der Waals surface area contributed by atoms with E-state index >= 15 is 0 Å². The third-order valence-electron chi connectivity index (χ3n) is 4.87. The number of carbonyl (C=O) groups is 4. The zero-order chi connectivity index (χ0) is 23.2. The summed E-state index contributed by atoms with van der Waals surface area (Å²) in [6.07, 6.45) is 1.45. The van der Waals surface area contributed by atoms with Crippen molar-refractivity contribution in [3.8, 4) is 5.75 Å². The van der Waals surface area contributed by atoms with Crippen molar-refractivity contribution in [2.75, 3.05) is 20.1 Å². The number of Topliss-reactive ketones (excluding diaryl/α,β-unsaturated/α-hetero) is 1. The van der Waals surface area contributed by atoms with Crippen molar-refractivity contribution in [2.45, 2.75) is 51.2 Å². The van der Waals surface area contributed by atoms with Crippen LogP contribution in [0.4, 0.5) is 4.79 Å². The zero-order valence-corrected chi connectivity index (χ0v) is 18.2. The number of hydrogen-bond acceptors (Lipinski definition) is 7. The van der Waals surface area contributed by atoms with Gasteiger partial charge in [-0.1, -0.05) is 0 Å². The van der Waals surface area contributed by atoms with Gasteiger partial charge in [0.05, 0.1) is 17.5 Å². The number of ketones is 1. The molecule has 2 aliphatic heterocycles. The van der Waals surface area contributed by atoms with E-state index in [-0.39, 0.29) is 23.9 Å². The minimum atomic E-state index is -1.08. The molecule has 10 heteroatoms.